The van der Waals surface area contributed by atoms with Crippen LogP contribution in [-0.2, 0) is 0 Å². The molecule has 0 amide bonds. The first-order valence-electron chi connectivity index (χ1n) is 4.32. The first kappa shape index (κ1) is 8.97. The molecule has 0 heterocycles. The molecule has 0 spiro atoms. The zero-order valence-corrected chi connectivity index (χ0v) is 6.79. The van der Waals surface area contributed by atoms with E-state index in [1.165, 1.54) is 19.3 Å². The van der Waals surface area contributed by atoms with Crippen LogP contribution in [0.1, 0.15) is 19.3 Å². The monoisotopic (exact) mass is 159 g/mol. The van der Waals surface area contributed by atoms with Gasteiger partial charge < -0.3 is 15.5 Å². The zero-order valence-electron chi connectivity index (χ0n) is 6.79. The molecule has 0 aromatic heterocycles. The highest BCUT2D eigenvalue weighted by molar-refractivity contribution is 4.74. The summed E-state index contributed by atoms with van der Waals surface area (Å²) in [5, 5.41) is 20.5. The lowest BCUT2D eigenvalue weighted by atomic mass is 9.85. The Kier molecular flexibility index (Phi) is 3.83. The fourth-order valence-corrected chi connectivity index (χ4v) is 1.22. The van der Waals surface area contributed by atoms with Crippen molar-refractivity contribution < 1.29 is 10.2 Å². The second kappa shape index (κ2) is 4.70. The van der Waals surface area contributed by atoms with Crippen molar-refractivity contribution >= 4 is 0 Å². The maximum atomic E-state index is 8.71. The minimum Gasteiger partial charge on any atom is -0.395 e. The second-order valence-corrected chi connectivity index (χ2v) is 3.27. The maximum Gasteiger partial charge on any atom is 0.0607 e. The molecule has 3 nitrogen and oxygen atoms in total. The van der Waals surface area contributed by atoms with Gasteiger partial charge in [0.1, 0.15) is 0 Å². The van der Waals surface area contributed by atoms with E-state index >= 15 is 0 Å². The van der Waals surface area contributed by atoms with E-state index in [0.717, 1.165) is 12.5 Å². The van der Waals surface area contributed by atoms with Crippen molar-refractivity contribution in [3.8, 4) is 0 Å². The summed E-state index contributed by atoms with van der Waals surface area (Å²) in [7, 11) is 0. The van der Waals surface area contributed by atoms with Gasteiger partial charge in [0.2, 0.25) is 0 Å². The topological polar surface area (TPSA) is 52.5 Å². The van der Waals surface area contributed by atoms with Crippen molar-refractivity contribution in [2.75, 3.05) is 19.8 Å². The molecule has 66 valence electrons. The number of hydrogen-bond acceptors (Lipinski definition) is 3. The molecule has 0 aliphatic heterocycles. The molecule has 1 saturated carbocycles. The Balaban J connectivity index is 1.99. The maximum absolute atomic E-state index is 8.71. The molecule has 1 aliphatic rings. The normalized spacial score (nSPS) is 18.8. The Morgan fingerprint density at radius 3 is 2.27 bits per heavy atom. The van der Waals surface area contributed by atoms with Gasteiger partial charge in [0.05, 0.1) is 19.3 Å². The van der Waals surface area contributed by atoms with E-state index in [2.05, 4.69) is 5.32 Å². The van der Waals surface area contributed by atoms with Crippen LogP contribution in [0.3, 0.4) is 0 Å². The Labute approximate surface area is 67.4 Å². The number of aliphatic hydroxyl groups is 2. The molecule has 0 unspecified atom stereocenters. The standard InChI is InChI=1S/C8H17NO2/c10-5-8(6-11)9-4-7-2-1-3-7/h7-11H,1-6H2. The smallest absolute Gasteiger partial charge is 0.0607 e. The summed E-state index contributed by atoms with van der Waals surface area (Å²) >= 11 is 0. The van der Waals surface area contributed by atoms with Crippen molar-refractivity contribution in [1.29, 1.82) is 0 Å². The van der Waals surface area contributed by atoms with Crippen molar-refractivity contribution in [2.24, 2.45) is 5.92 Å². The van der Waals surface area contributed by atoms with E-state index in [1.54, 1.807) is 0 Å². The summed E-state index contributed by atoms with van der Waals surface area (Å²) in [6, 6.07) is -0.115. The Morgan fingerprint density at radius 1 is 1.27 bits per heavy atom. The third-order valence-electron chi connectivity index (χ3n) is 2.36. The summed E-state index contributed by atoms with van der Waals surface area (Å²) in [4.78, 5) is 0. The summed E-state index contributed by atoms with van der Waals surface area (Å²) in [5.41, 5.74) is 0. The molecule has 0 radical (unpaired) electrons. The molecule has 0 aromatic carbocycles. The number of nitrogens with one attached hydrogen (secondary N) is 1. The predicted molar refractivity (Wildman–Crippen MR) is 43.3 cm³/mol. The van der Waals surface area contributed by atoms with Gasteiger partial charge in [-0.25, -0.2) is 0 Å². The lowest BCUT2D eigenvalue weighted by Crippen LogP contribution is -2.40. The van der Waals surface area contributed by atoms with Crippen LogP contribution in [0.15, 0.2) is 0 Å². The molecule has 1 rings (SSSR count). The van der Waals surface area contributed by atoms with Crippen LogP contribution < -0.4 is 5.32 Å². The molecule has 1 aliphatic carbocycles. The fraction of sp³-hybridized carbons (Fsp3) is 1.00. The van der Waals surface area contributed by atoms with E-state index in [4.69, 9.17) is 10.2 Å². The molecular formula is C8H17NO2. The van der Waals surface area contributed by atoms with Crippen LogP contribution in [0, 0.1) is 5.92 Å². The van der Waals surface area contributed by atoms with Gasteiger partial charge in [-0.2, -0.15) is 0 Å². The van der Waals surface area contributed by atoms with Gasteiger partial charge >= 0.3 is 0 Å². The third-order valence-corrected chi connectivity index (χ3v) is 2.36. The first-order valence-corrected chi connectivity index (χ1v) is 4.32. The molecule has 11 heavy (non-hydrogen) atoms. The highest BCUT2D eigenvalue weighted by Gasteiger charge is 2.17. The summed E-state index contributed by atoms with van der Waals surface area (Å²) in [6.45, 7) is 1.01. The SMILES string of the molecule is OCC(CO)NCC1CCC1. The van der Waals surface area contributed by atoms with Gasteiger partial charge in [0.15, 0.2) is 0 Å². The summed E-state index contributed by atoms with van der Waals surface area (Å²) in [6.07, 6.45) is 3.95. The van der Waals surface area contributed by atoms with Gasteiger partial charge in [0, 0.05) is 0 Å². The van der Waals surface area contributed by atoms with Crippen molar-refractivity contribution in [3.63, 3.8) is 0 Å². The van der Waals surface area contributed by atoms with Crippen LogP contribution in [0.2, 0.25) is 0 Å². The van der Waals surface area contributed by atoms with Crippen molar-refractivity contribution in [1.82, 2.24) is 5.32 Å². The lowest BCUT2D eigenvalue weighted by Gasteiger charge is -2.27. The van der Waals surface area contributed by atoms with Crippen LogP contribution in [-0.4, -0.2) is 36.0 Å². The average molecular weight is 159 g/mol. The van der Waals surface area contributed by atoms with Crippen LogP contribution in [0.25, 0.3) is 0 Å². The van der Waals surface area contributed by atoms with Crippen molar-refractivity contribution in [2.45, 2.75) is 25.3 Å². The Hall–Kier alpha value is -0.120. The van der Waals surface area contributed by atoms with Gasteiger partial charge in [0.25, 0.3) is 0 Å². The predicted octanol–water partition coefficient (Wildman–Crippen LogP) is -0.271. The molecular weight excluding hydrogens is 142 g/mol. The third kappa shape index (κ3) is 2.77. The largest absolute Gasteiger partial charge is 0.395 e. The zero-order chi connectivity index (χ0) is 8.10. The second-order valence-electron chi connectivity index (χ2n) is 3.27. The van der Waals surface area contributed by atoms with E-state index in [9.17, 15) is 0 Å². The fourth-order valence-electron chi connectivity index (χ4n) is 1.22. The number of aliphatic hydroxyl groups excluding tert-OH is 2. The van der Waals surface area contributed by atoms with Crippen molar-refractivity contribution in [3.05, 3.63) is 0 Å². The van der Waals surface area contributed by atoms with Gasteiger partial charge in [-0.3, -0.25) is 0 Å². The highest BCUT2D eigenvalue weighted by atomic mass is 16.3. The minimum atomic E-state index is -0.115. The van der Waals surface area contributed by atoms with Gasteiger partial charge in [-0.05, 0) is 25.3 Å². The summed E-state index contributed by atoms with van der Waals surface area (Å²) in [5.74, 6) is 0.788. The van der Waals surface area contributed by atoms with Gasteiger partial charge in [-0.1, -0.05) is 6.42 Å². The molecule has 3 N–H and O–H groups in total. The van der Waals surface area contributed by atoms with Gasteiger partial charge in [-0.15, -0.1) is 0 Å². The minimum absolute atomic E-state index is 0.0310. The quantitative estimate of drug-likeness (QED) is 0.517. The van der Waals surface area contributed by atoms with E-state index in [1.807, 2.05) is 0 Å². The molecule has 1 fully saturated rings. The van der Waals surface area contributed by atoms with Crippen LogP contribution >= 0.6 is 0 Å². The molecule has 0 aromatic rings. The van der Waals surface area contributed by atoms with Crippen LogP contribution in [0.4, 0.5) is 0 Å². The molecule has 3 heteroatoms. The average Bonchev–Trinajstić information content (AvgIpc) is 1.95. The number of hydrogen-bond donors (Lipinski definition) is 3. The molecule has 0 bridgehead atoms. The summed E-state index contributed by atoms with van der Waals surface area (Å²) < 4.78 is 0. The molecule has 0 saturated heterocycles. The Bertz CT molecular complexity index is 100. The Morgan fingerprint density at radius 2 is 1.91 bits per heavy atom. The first-order chi connectivity index (χ1) is 5.36. The van der Waals surface area contributed by atoms with E-state index < -0.39 is 0 Å². The number of rotatable bonds is 5. The van der Waals surface area contributed by atoms with E-state index in [0.29, 0.717) is 0 Å². The molecule has 0 atom stereocenters. The van der Waals surface area contributed by atoms with E-state index in [-0.39, 0.29) is 19.3 Å². The lowest BCUT2D eigenvalue weighted by molar-refractivity contribution is 0.160. The highest BCUT2D eigenvalue weighted by Crippen LogP contribution is 2.25. The van der Waals surface area contributed by atoms with Crippen LogP contribution in [0.5, 0.6) is 0 Å².